The molecule has 3 nitrogen and oxygen atoms in total. The first kappa shape index (κ1) is 7.98. The van der Waals surface area contributed by atoms with Crippen LogP contribution in [-0.4, -0.2) is 29.8 Å². The first-order valence-corrected chi connectivity index (χ1v) is 4.29. The average molecular weight is 173 g/mol. The molecule has 2 fully saturated rings. The quantitative estimate of drug-likeness (QED) is 0.609. The fraction of sp³-hybridized carbons (Fsp3) is 0.875. The van der Waals surface area contributed by atoms with E-state index in [1.807, 2.05) is 0 Å². The summed E-state index contributed by atoms with van der Waals surface area (Å²) in [7, 11) is 0. The highest BCUT2D eigenvalue weighted by molar-refractivity contribution is 5.84. The Kier molecular flexibility index (Phi) is 1.79. The van der Waals surface area contributed by atoms with E-state index in [0.29, 0.717) is 5.92 Å². The Morgan fingerprint density at radius 1 is 1.58 bits per heavy atom. The van der Waals surface area contributed by atoms with E-state index in [-0.39, 0.29) is 18.6 Å². The van der Waals surface area contributed by atoms with Crippen molar-refractivity contribution in [3.63, 3.8) is 0 Å². The number of halogens is 1. The standard InChI is InChI=1S/C8H12FNO2/c9-7-6(4-1-2-4)5(3-11)10-8(7)12/h4-7,11H,1-3H2,(H,10,12)/t5-,6+,7+/m1/s1. The minimum Gasteiger partial charge on any atom is -0.394 e. The number of rotatable bonds is 2. The van der Waals surface area contributed by atoms with Crippen LogP contribution >= 0.6 is 0 Å². The van der Waals surface area contributed by atoms with Gasteiger partial charge in [-0.1, -0.05) is 0 Å². The van der Waals surface area contributed by atoms with E-state index in [0.717, 1.165) is 12.8 Å². The molecule has 1 heterocycles. The fourth-order valence-electron chi connectivity index (χ4n) is 1.95. The molecule has 0 aromatic carbocycles. The zero-order valence-electron chi connectivity index (χ0n) is 6.66. The van der Waals surface area contributed by atoms with Gasteiger partial charge in [-0.25, -0.2) is 4.39 Å². The van der Waals surface area contributed by atoms with Crippen LogP contribution in [0, 0.1) is 11.8 Å². The lowest BCUT2D eigenvalue weighted by Crippen LogP contribution is -2.33. The summed E-state index contributed by atoms with van der Waals surface area (Å²) in [6.45, 7) is -0.146. The second-order valence-electron chi connectivity index (χ2n) is 3.61. The molecular formula is C8H12FNO2. The molecule has 2 rings (SSSR count). The van der Waals surface area contributed by atoms with Gasteiger partial charge < -0.3 is 10.4 Å². The molecule has 0 unspecified atom stereocenters. The van der Waals surface area contributed by atoms with E-state index in [2.05, 4.69) is 5.32 Å². The van der Waals surface area contributed by atoms with Crippen molar-refractivity contribution in [1.29, 1.82) is 0 Å². The summed E-state index contributed by atoms with van der Waals surface area (Å²) in [4.78, 5) is 10.9. The van der Waals surface area contributed by atoms with Gasteiger partial charge in [0.2, 0.25) is 0 Å². The molecule has 12 heavy (non-hydrogen) atoms. The molecule has 2 N–H and O–H groups in total. The lowest BCUT2D eigenvalue weighted by Gasteiger charge is -2.15. The van der Waals surface area contributed by atoms with Crippen LogP contribution in [0.15, 0.2) is 0 Å². The highest BCUT2D eigenvalue weighted by Gasteiger charge is 2.49. The van der Waals surface area contributed by atoms with E-state index in [1.165, 1.54) is 0 Å². The molecule has 1 saturated carbocycles. The molecule has 0 spiro atoms. The van der Waals surface area contributed by atoms with Gasteiger partial charge in [-0.05, 0) is 18.8 Å². The monoisotopic (exact) mass is 173 g/mol. The molecular weight excluding hydrogens is 161 g/mol. The lowest BCUT2D eigenvalue weighted by molar-refractivity contribution is -0.124. The number of carbonyl (C=O) groups is 1. The van der Waals surface area contributed by atoms with Crippen molar-refractivity contribution < 1.29 is 14.3 Å². The number of hydrogen-bond donors (Lipinski definition) is 2. The fourth-order valence-corrected chi connectivity index (χ4v) is 1.95. The lowest BCUT2D eigenvalue weighted by atomic mass is 9.94. The van der Waals surface area contributed by atoms with Crippen LogP contribution in [0.25, 0.3) is 0 Å². The first-order chi connectivity index (χ1) is 5.74. The van der Waals surface area contributed by atoms with Crippen LogP contribution in [0.4, 0.5) is 4.39 Å². The SMILES string of the molecule is O=C1N[C@H](CO)[C@H](C2CC2)[C@@H]1F. The minimum atomic E-state index is -1.39. The van der Waals surface area contributed by atoms with Crippen molar-refractivity contribution >= 4 is 5.91 Å². The molecule has 1 saturated heterocycles. The van der Waals surface area contributed by atoms with Gasteiger partial charge in [0.25, 0.3) is 5.91 Å². The Hall–Kier alpha value is -0.640. The van der Waals surface area contributed by atoms with Crippen LogP contribution < -0.4 is 5.32 Å². The van der Waals surface area contributed by atoms with Gasteiger partial charge in [-0.15, -0.1) is 0 Å². The minimum absolute atomic E-state index is 0.146. The molecule has 0 aromatic heterocycles. The summed E-state index contributed by atoms with van der Waals surface area (Å²) in [5.41, 5.74) is 0. The number of carbonyl (C=O) groups excluding carboxylic acids is 1. The zero-order valence-corrected chi connectivity index (χ0v) is 6.66. The Balaban J connectivity index is 2.10. The predicted octanol–water partition coefficient (Wildman–Crippen LogP) is -0.159. The van der Waals surface area contributed by atoms with Gasteiger partial charge >= 0.3 is 0 Å². The van der Waals surface area contributed by atoms with Crippen LogP contribution in [0.2, 0.25) is 0 Å². The third-order valence-electron chi connectivity index (χ3n) is 2.74. The maximum absolute atomic E-state index is 13.2. The maximum Gasteiger partial charge on any atom is 0.255 e. The zero-order chi connectivity index (χ0) is 8.72. The molecule has 1 aliphatic heterocycles. The molecule has 3 atom stereocenters. The maximum atomic E-state index is 13.2. The second kappa shape index (κ2) is 2.69. The largest absolute Gasteiger partial charge is 0.394 e. The summed E-state index contributed by atoms with van der Waals surface area (Å²) in [5, 5.41) is 11.3. The Morgan fingerprint density at radius 3 is 2.75 bits per heavy atom. The Morgan fingerprint density at radius 2 is 2.25 bits per heavy atom. The van der Waals surface area contributed by atoms with Gasteiger partial charge in [0.1, 0.15) is 0 Å². The van der Waals surface area contributed by atoms with Gasteiger partial charge in [0.15, 0.2) is 6.17 Å². The van der Waals surface area contributed by atoms with Crippen LogP contribution in [0.3, 0.4) is 0 Å². The number of aliphatic hydroxyl groups is 1. The first-order valence-electron chi connectivity index (χ1n) is 4.29. The summed E-state index contributed by atoms with van der Waals surface area (Å²) >= 11 is 0. The molecule has 0 radical (unpaired) electrons. The van der Waals surface area contributed by atoms with E-state index in [4.69, 9.17) is 5.11 Å². The highest BCUT2D eigenvalue weighted by atomic mass is 19.1. The Labute approximate surface area is 70.0 Å². The van der Waals surface area contributed by atoms with Crippen LogP contribution in [0.1, 0.15) is 12.8 Å². The number of nitrogens with one attached hydrogen (secondary N) is 1. The smallest absolute Gasteiger partial charge is 0.255 e. The van der Waals surface area contributed by atoms with E-state index in [1.54, 1.807) is 0 Å². The second-order valence-corrected chi connectivity index (χ2v) is 3.61. The molecule has 2 aliphatic rings. The van der Waals surface area contributed by atoms with E-state index >= 15 is 0 Å². The predicted molar refractivity (Wildman–Crippen MR) is 40.1 cm³/mol. The van der Waals surface area contributed by atoms with Crippen molar-refractivity contribution in [3.05, 3.63) is 0 Å². The molecule has 68 valence electrons. The van der Waals surface area contributed by atoms with Crippen LogP contribution in [0.5, 0.6) is 0 Å². The molecule has 0 bridgehead atoms. The van der Waals surface area contributed by atoms with Gasteiger partial charge in [0.05, 0.1) is 12.6 Å². The summed E-state index contributed by atoms with van der Waals surface area (Å²) in [6.07, 6.45) is 0.599. The summed E-state index contributed by atoms with van der Waals surface area (Å²) < 4.78 is 13.2. The third-order valence-corrected chi connectivity index (χ3v) is 2.74. The highest BCUT2D eigenvalue weighted by Crippen LogP contribution is 2.43. The summed E-state index contributed by atoms with van der Waals surface area (Å²) in [6, 6.07) is -0.347. The number of aliphatic hydroxyl groups excluding tert-OH is 1. The number of amides is 1. The van der Waals surface area contributed by atoms with Crippen molar-refractivity contribution in [1.82, 2.24) is 5.32 Å². The topological polar surface area (TPSA) is 49.3 Å². The summed E-state index contributed by atoms with van der Waals surface area (Å²) in [5.74, 6) is -0.510. The normalized spacial score (nSPS) is 41.5. The molecule has 4 heteroatoms. The molecule has 1 aliphatic carbocycles. The van der Waals surface area contributed by atoms with Gasteiger partial charge in [-0.2, -0.15) is 0 Å². The van der Waals surface area contributed by atoms with Crippen LogP contribution in [-0.2, 0) is 4.79 Å². The number of alkyl halides is 1. The van der Waals surface area contributed by atoms with Crippen molar-refractivity contribution in [2.24, 2.45) is 11.8 Å². The molecule has 0 aromatic rings. The van der Waals surface area contributed by atoms with E-state index in [9.17, 15) is 9.18 Å². The Bertz CT molecular complexity index is 205. The van der Waals surface area contributed by atoms with Gasteiger partial charge in [0, 0.05) is 5.92 Å². The third kappa shape index (κ3) is 1.10. The van der Waals surface area contributed by atoms with Crippen molar-refractivity contribution in [2.75, 3.05) is 6.61 Å². The van der Waals surface area contributed by atoms with Crippen molar-refractivity contribution in [3.8, 4) is 0 Å². The average Bonchev–Trinajstić information content (AvgIpc) is 2.82. The van der Waals surface area contributed by atoms with Gasteiger partial charge in [-0.3, -0.25) is 4.79 Å². The molecule has 1 amide bonds. The van der Waals surface area contributed by atoms with Crippen molar-refractivity contribution in [2.45, 2.75) is 25.1 Å². The van der Waals surface area contributed by atoms with E-state index < -0.39 is 12.1 Å². The number of hydrogen-bond acceptors (Lipinski definition) is 2.